The number of carbonyl (C=O) groups is 2. The molecule has 0 saturated carbocycles. The molecule has 0 spiro atoms. The summed E-state index contributed by atoms with van der Waals surface area (Å²) in [4.78, 5) is 32.2. The molecular weight excluding hydrogens is 426 g/mol. The van der Waals surface area contributed by atoms with Gasteiger partial charge in [0.2, 0.25) is 11.8 Å². The number of aromatic nitrogens is 2. The number of nitrogens with zero attached hydrogens (tertiary/aromatic N) is 5. The summed E-state index contributed by atoms with van der Waals surface area (Å²) < 4.78 is 1.89. The van der Waals surface area contributed by atoms with Crippen molar-refractivity contribution < 1.29 is 9.59 Å². The maximum Gasteiger partial charge on any atom is 0.241 e. The Morgan fingerprint density at radius 1 is 0.971 bits per heavy atom. The highest BCUT2D eigenvalue weighted by Crippen LogP contribution is 2.34. The van der Waals surface area contributed by atoms with Crippen molar-refractivity contribution in [2.24, 2.45) is 0 Å². The lowest BCUT2D eigenvalue weighted by molar-refractivity contribution is -0.120. The van der Waals surface area contributed by atoms with Crippen molar-refractivity contribution in [1.29, 1.82) is 0 Å². The van der Waals surface area contributed by atoms with Gasteiger partial charge in [0.15, 0.2) is 0 Å². The molecule has 5 rings (SSSR count). The second-order valence-corrected chi connectivity index (χ2v) is 9.33. The van der Waals surface area contributed by atoms with Gasteiger partial charge in [-0.3, -0.25) is 19.2 Å². The average molecular weight is 458 g/mol. The van der Waals surface area contributed by atoms with E-state index in [1.54, 1.807) is 13.1 Å². The monoisotopic (exact) mass is 457 g/mol. The summed E-state index contributed by atoms with van der Waals surface area (Å²) in [7, 11) is 0. The minimum Gasteiger partial charge on any atom is -0.308 e. The smallest absolute Gasteiger partial charge is 0.241 e. The molecule has 1 aromatic heterocycles. The zero-order valence-corrected chi connectivity index (χ0v) is 19.8. The zero-order valence-electron chi connectivity index (χ0n) is 19.8. The lowest BCUT2D eigenvalue weighted by Gasteiger charge is -2.32. The fraction of sp³-hybridized carbons (Fsp3) is 0.370. The van der Waals surface area contributed by atoms with Gasteiger partial charge in [0.05, 0.1) is 19.1 Å². The van der Waals surface area contributed by atoms with Gasteiger partial charge in [-0.2, -0.15) is 5.10 Å². The van der Waals surface area contributed by atoms with E-state index >= 15 is 0 Å². The van der Waals surface area contributed by atoms with Crippen LogP contribution < -0.4 is 9.80 Å². The molecule has 7 nitrogen and oxygen atoms in total. The van der Waals surface area contributed by atoms with Gasteiger partial charge in [0.25, 0.3) is 0 Å². The number of fused-ring (bicyclic) bond motifs is 2. The van der Waals surface area contributed by atoms with Crippen molar-refractivity contribution in [3.63, 3.8) is 0 Å². The minimum atomic E-state index is 0.00334. The molecule has 0 aliphatic carbocycles. The number of hydrogen-bond donors (Lipinski definition) is 0. The fourth-order valence-corrected chi connectivity index (χ4v) is 5.46. The lowest BCUT2D eigenvalue weighted by Crippen LogP contribution is -2.49. The third-order valence-electron chi connectivity index (χ3n) is 6.92. The van der Waals surface area contributed by atoms with Crippen molar-refractivity contribution in [2.45, 2.75) is 45.3 Å². The molecule has 34 heavy (non-hydrogen) atoms. The predicted molar refractivity (Wildman–Crippen MR) is 133 cm³/mol. The summed E-state index contributed by atoms with van der Waals surface area (Å²) >= 11 is 0. The molecule has 0 radical (unpaired) electrons. The van der Waals surface area contributed by atoms with Crippen molar-refractivity contribution in [2.75, 3.05) is 29.4 Å². The highest BCUT2D eigenvalue weighted by atomic mass is 16.2. The summed E-state index contributed by atoms with van der Waals surface area (Å²) in [5.41, 5.74) is 4.41. The van der Waals surface area contributed by atoms with Crippen LogP contribution in [0.2, 0.25) is 0 Å². The number of para-hydroxylation sites is 2. The van der Waals surface area contributed by atoms with E-state index in [9.17, 15) is 9.59 Å². The minimum absolute atomic E-state index is 0.00334. The van der Waals surface area contributed by atoms with Gasteiger partial charge in [-0.15, -0.1) is 0 Å². The zero-order chi connectivity index (χ0) is 23.7. The second-order valence-electron chi connectivity index (χ2n) is 9.33. The summed E-state index contributed by atoms with van der Waals surface area (Å²) in [5.74, 6) is 0.137. The molecule has 2 atom stereocenters. The average Bonchev–Trinajstić information content (AvgIpc) is 3.53. The first-order valence-corrected chi connectivity index (χ1v) is 12.0. The molecule has 2 amide bonds. The van der Waals surface area contributed by atoms with Crippen LogP contribution in [0.4, 0.5) is 11.4 Å². The second kappa shape index (κ2) is 9.43. The number of benzene rings is 2. The maximum absolute atomic E-state index is 13.6. The highest BCUT2D eigenvalue weighted by molar-refractivity contribution is 5.97. The normalized spacial score (nSPS) is 18.9. The van der Waals surface area contributed by atoms with E-state index in [4.69, 9.17) is 0 Å². The van der Waals surface area contributed by atoms with Gasteiger partial charge in [-0.25, -0.2) is 0 Å². The molecule has 3 heterocycles. The molecule has 2 aliphatic heterocycles. The van der Waals surface area contributed by atoms with Crippen LogP contribution in [0.5, 0.6) is 0 Å². The number of amides is 2. The summed E-state index contributed by atoms with van der Waals surface area (Å²) in [6, 6.07) is 18.3. The molecule has 0 saturated heterocycles. The Bertz CT molecular complexity index is 1180. The number of carbonyl (C=O) groups excluding carboxylic acids is 2. The van der Waals surface area contributed by atoms with E-state index in [1.807, 2.05) is 63.1 Å². The van der Waals surface area contributed by atoms with Crippen LogP contribution in [0, 0.1) is 0 Å². The Balaban J connectivity index is 1.35. The molecule has 0 bridgehead atoms. The summed E-state index contributed by atoms with van der Waals surface area (Å²) in [5, 5.41) is 4.32. The molecular formula is C27H31N5O2. The van der Waals surface area contributed by atoms with Gasteiger partial charge >= 0.3 is 0 Å². The van der Waals surface area contributed by atoms with Crippen molar-refractivity contribution in [3.8, 4) is 0 Å². The molecule has 0 fully saturated rings. The van der Waals surface area contributed by atoms with Gasteiger partial charge < -0.3 is 9.80 Å². The Morgan fingerprint density at radius 2 is 1.65 bits per heavy atom. The van der Waals surface area contributed by atoms with E-state index in [0.717, 1.165) is 24.2 Å². The van der Waals surface area contributed by atoms with E-state index in [-0.39, 0.29) is 23.9 Å². The van der Waals surface area contributed by atoms with Gasteiger partial charge in [0.1, 0.15) is 0 Å². The van der Waals surface area contributed by atoms with Crippen LogP contribution in [0.3, 0.4) is 0 Å². The van der Waals surface area contributed by atoms with Crippen molar-refractivity contribution >= 4 is 23.2 Å². The van der Waals surface area contributed by atoms with Crippen molar-refractivity contribution in [3.05, 3.63) is 78.1 Å². The largest absolute Gasteiger partial charge is 0.308 e. The van der Waals surface area contributed by atoms with Gasteiger partial charge in [-0.1, -0.05) is 36.4 Å². The standard InChI is InChI=1S/C27H31N5O2/c1-20-16-22-8-3-5-10-25(22)31(20)27(34)19-29(14-15-30-13-7-12-28-30)18-24-17-23-9-4-6-11-26(23)32(24)21(2)33/h3-13,20,24H,14-19H2,1-2H3/t20-,24+/m1/s1. The van der Waals surface area contributed by atoms with E-state index in [1.165, 1.54) is 11.1 Å². The maximum atomic E-state index is 13.6. The van der Waals surface area contributed by atoms with Crippen LogP contribution in [-0.2, 0) is 29.0 Å². The summed E-state index contributed by atoms with van der Waals surface area (Å²) in [6.07, 6.45) is 5.38. The molecule has 2 aliphatic rings. The molecule has 176 valence electrons. The Labute approximate surface area is 200 Å². The van der Waals surface area contributed by atoms with E-state index < -0.39 is 0 Å². The molecule has 7 heteroatoms. The first kappa shape index (κ1) is 22.3. The van der Waals surface area contributed by atoms with Gasteiger partial charge in [0, 0.05) is 49.8 Å². The fourth-order valence-electron chi connectivity index (χ4n) is 5.46. The van der Waals surface area contributed by atoms with Crippen molar-refractivity contribution in [1.82, 2.24) is 14.7 Å². The first-order valence-electron chi connectivity index (χ1n) is 12.0. The van der Waals surface area contributed by atoms with Gasteiger partial charge in [-0.05, 0) is 49.1 Å². The highest BCUT2D eigenvalue weighted by Gasteiger charge is 2.35. The first-order chi connectivity index (χ1) is 16.5. The van der Waals surface area contributed by atoms with Crippen LogP contribution in [0.25, 0.3) is 0 Å². The topological polar surface area (TPSA) is 61.7 Å². The molecule has 2 aromatic carbocycles. The Morgan fingerprint density at radius 3 is 2.32 bits per heavy atom. The molecule has 3 aromatic rings. The van der Waals surface area contributed by atoms with Crippen LogP contribution in [-0.4, -0.2) is 58.2 Å². The number of anilines is 2. The van der Waals surface area contributed by atoms with Crippen LogP contribution in [0.1, 0.15) is 25.0 Å². The number of hydrogen-bond acceptors (Lipinski definition) is 4. The lowest BCUT2D eigenvalue weighted by atomic mass is 10.1. The van der Waals surface area contributed by atoms with E-state index in [0.29, 0.717) is 26.2 Å². The van der Waals surface area contributed by atoms with Crippen LogP contribution in [0.15, 0.2) is 67.0 Å². The number of rotatable bonds is 7. The predicted octanol–water partition coefficient (Wildman–Crippen LogP) is 3.14. The Kier molecular flexibility index (Phi) is 6.20. The quantitative estimate of drug-likeness (QED) is 0.547. The molecule has 0 unspecified atom stereocenters. The SMILES string of the molecule is CC(=O)N1c2ccccc2C[C@H]1CN(CCn1cccn1)CC(=O)N1c2ccccc2C[C@H]1C. The third-order valence-corrected chi connectivity index (χ3v) is 6.92. The molecule has 0 N–H and O–H groups in total. The summed E-state index contributed by atoms with van der Waals surface area (Å²) in [6.45, 7) is 6.03. The Hall–Kier alpha value is -3.45. The third kappa shape index (κ3) is 4.35. The van der Waals surface area contributed by atoms with Crippen LogP contribution >= 0.6 is 0 Å². The van der Waals surface area contributed by atoms with E-state index in [2.05, 4.69) is 29.1 Å².